The van der Waals surface area contributed by atoms with Gasteiger partial charge in [-0.2, -0.15) is 0 Å². The van der Waals surface area contributed by atoms with Crippen LogP contribution in [0.25, 0.3) is 0 Å². The van der Waals surface area contributed by atoms with Crippen LogP contribution in [0, 0.1) is 5.92 Å². The molecule has 2 heteroatoms. The van der Waals surface area contributed by atoms with Crippen molar-refractivity contribution in [2.24, 2.45) is 5.92 Å². The number of methoxy groups -OCH3 is 1. The Hall–Kier alpha value is -0.0800. The highest BCUT2D eigenvalue weighted by Gasteiger charge is 2.26. The molecular formula is C14H26O2. The lowest BCUT2D eigenvalue weighted by atomic mass is 9.88. The Morgan fingerprint density at radius 3 is 1.62 bits per heavy atom. The summed E-state index contributed by atoms with van der Waals surface area (Å²) >= 11 is 0. The van der Waals surface area contributed by atoms with Gasteiger partial charge in [-0.15, -0.1) is 0 Å². The molecule has 2 rings (SSSR count). The number of ether oxygens (including phenoxy) is 2. The molecule has 0 aliphatic heterocycles. The summed E-state index contributed by atoms with van der Waals surface area (Å²) in [6, 6.07) is 0. The Kier molecular flexibility index (Phi) is 4.66. The lowest BCUT2D eigenvalue weighted by Gasteiger charge is -2.33. The van der Waals surface area contributed by atoms with Crippen molar-refractivity contribution in [3.63, 3.8) is 0 Å². The van der Waals surface area contributed by atoms with E-state index in [1.54, 1.807) is 0 Å². The molecule has 0 spiro atoms. The zero-order chi connectivity index (χ0) is 11.4. The van der Waals surface area contributed by atoms with Crippen LogP contribution in [-0.4, -0.2) is 25.4 Å². The molecule has 0 aromatic carbocycles. The first-order valence-corrected chi connectivity index (χ1v) is 6.96. The van der Waals surface area contributed by atoms with Crippen molar-refractivity contribution in [1.29, 1.82) is 0 Å². The lowest BCUT2D eigenvalue weighted by Crippen LogP contribution is -2.31. The van der Waals surface area contributed by atoms with Crippen molar-refractivity contribution < 1.29 is 9.47 Å². The van der Waals surface area contributed by atoms with Gasteiger partial charge in [0, 0.05) is 7.11 Å². The number of hydrogen-bond donors (Lipinski definition) is 0. The van der Waals surface area contributed by atoms with E-state index in [4.69, 9.17) is 9.47 Å². The molecular weight excluding hydrogens is 200 g/mol. The highest BCUT2D eigenvalue weighted by Crippen LogP contribution is 2.30. The van der Waals surface area contributed by atoms with Gasteiger partial charge in [0.05, 0.1) is 18.3 Å². The third-order valence-corrected chi connectivity index (χ3v) is 4.30. The van der Waals surface area contributed by atoms with Crippen LogP contribution in [0.2, 0.25) is 0 Å². The molecule has 0 radical (unpaired) electrons. The van der Waals surface area contributed by atoms with Crippen LogP contribution >= 0.6 is 0 Å². The standard InChI is InChI=1S/C14H26O2/c1-11-3-5-13(6-4-11)16-14-9-7-12(15-2)8-10-14/h11-14H,3-10H2,1-2H3. The summed E-state index contributed by atoms with van der Waals surface area (Å²) < 4.78 is 11.6. The summed E-state index contributed by atoms with van der Waals surface area (Å²) in [7, 11) is 1.83. The minimum atomic E-state index is 0.492. The van der Waals surface area contributed by atoms with Crippen LogP contribution in [0.5, 0.6) is 0 Å². The molecule has 2 fully saturated rings. The third-order valence-electron chi connectivity index (χ3n) is 4.30. The van der Waals surface area contributed by atoms with Crippen molar-refractivity contribution in [3.8, 4) is 0 Å². The van der Waals surface area contributed by atoms with Gasteiger partial charge in [0.25, 0.3) is 0 Å². The highest BCUT2D eigenvalue weighted by molar-refractivity contribution is 4.76. The number of hydrogen-bond acceptors (Lipinski definition) is 2. The molecule has 2 nitrogen and oxygen atoms in total. The quantitative estimate of drug-likeness (QED) is 0.733. The van der Waals surface area contributed by atoms with Crippen LogP contribution < -0.4 is 0 Å². The molecule has 0 N–H and O–H groups in total. The van der Waals surface area contributed by atoms with E-state index in [1.807, 2.05) is 7.11 Å². The fraction of sp³-hybridized carbons (Fsp3) is 1.00. The largest absolute Gasteiger partial charge is 0.381 e. The first kappa shape index (κ1) is 12.4. The summed E-state index contributed by atoms with van der Waals surface area (Å²) in [5, 5.41) is 0. The molecule has 0 atom stereocenters. The maximum atomic E-state index is 6.22. The first-order chi connectivity index (χ1) is 7.78. The summed E-state index contributed by atoms with van der Waals surface area (Å²) in [5.41, 5.74) is 0. The smallest absolute Gasteiger partial charge is 0.0580 e. The number of rotatable bonds is 3. The molecule has 94 valence electrons. The monoisotopic (exact) mass is 226 g/mol. The molecule has 0 bridgehead atoms. The molecule has 16 heavy (non-hydrogen) atoms. The van der Waals surface area contributed by atoms with E-state index < -0.39 is 0 Å². The summed E-state index contributed by atoms with van der Waals surface area (Å²) in [6.07, 6.45) is 11.6. The van der Waals surface area contributed by atoms with Crippen molar-refractivity contribution in [2.75, 3.05) is 7.11 Å². The molecule has 0 unspecified atom stereocenters. The van der Waals surface area contributed by atoms with Gasteiger partial charge in [-0.05, 0) is 57.3 Å². The van der Waals surface area contributed by atoms with Crippen LogP contribution in [0.1, 0.15) is 58.3 Å². The second-order valence-corrected chi connectivity index (χ2v) is 5.65. The van der Waals surface area contributed by atoms with Crippen molar-refractivity contribution >= 4 is 0 Å². The maximum Gasteiger partial charge on any atom is 0.0580 e. The molecule has 2 aliphatic rings. The van der Waals surface area contributed by atoms with Gasteiger partial charge in [0.15, 0.2) is 0 Å². The Balaban J connectivity index is 1.66. The first-order valence-electron chi connectivity index (χ1n) is 6.96. The van der Waals surface area contributed by atoms with Crippen LogP contribution in [0.3, 0.4) is 0 Å². The predicted molar refractivity (Wildman–Crippen MR) is 65.6 cm³/mol. The van der Waals surface area contributed by atoms with Gasteiger partial charge in [-0.1, -0.05) is 6.92 Å². The SMILES string of the molecule is COC1CCC(OC2CCC(C)CC2)CC1. The molecule has 2 saturated carbocycles. The van der Waals surface area contributed by atoms with E-state index in [9.17, 15) is 0 Å². The van der Waals surface area contributed by atoms with Gasteiger partial charge in [-0.25, -0.2) is 0 Å². The summed E-state index contributed by atoms with van der Waals surface area (Å²) in [6.45, 7) is 2.36. The molecule has 0 aromatic rings. The second-order valence-electron chi connectivity index (χ2n) is 5.65. The average Bonchev–Trinajstić information content (AvgIpc) is 2.33. The van der Waals surface area contributed by atoms with Gasteiger partial charge in [0.2, 0.25) is 0 Å². The van der Waals surface area contributed by atoms with Crippen LogP contribution in [0.4, 0.5) is 0 Å². The van der Waals surface area contributed by atoms with E-state index >= 15 is 0 Å². The van der Waals surface area contributed by atoms with Gasteiger partial charge in [-0.3, -0.25) is 0 Å². The molecule has 0 heterocycles. The van der Waals surface area contributed by atoms with E-state index in [1.165, 1.54) is 51.4 Å². The van der Waals surface area contributed by atoms with Crippen LogP contribution in [-0.2, 0) is 9.47 Å². The zero-order valence-corrected chi connectivity index (χ0v) is 10.8. The molecule has 0 saturated heterocycles. The zero-order valence-electron chi connectivity index (χ0n) is 10.8. The van der Waals surface area contributed by atoms with Gasteiger partial charge >= 0.3 is 0 Å². The Morgan fingerprint density at radius 2 is 1.12 bits per heavy atom. The van der Waals surface area contributed by atoms with E-state index in [0.29, 0.717) is 18.3 Å². The fourth-order valence-corrected chi connectivity index (χ4v) is 3.04. The minimum Gasteiger partial charge on any atom is -0.381 e. The second kappa shape index (κ2) is 6.02. The molecule has 2 aliphatic carbocycles. The van der Waals surface area contributed by atoms with Gasteiger partial charge < -0.3 is 9.47 Å². The Morgan fingerprint density at radius 1 is 0.688 bits per heavy atom. The molecule has 0 aromatic heterocycles. The normalized spacial score (nSPS) is 40.9. The maximum absolute atomic E-state index is 6.22. The fourth-order valence-electron chi connectivity index (χ4n) is 3.04. The van der Waals surface area contributed by atoms with E-state index in [0.717, 1.165) is 5.92 Å². The predicted octanol–water partition coefficient (Wildman–Crippen LogP) is 3.54. The average molecular weight is 226 g/mol. The van der Waals surface area contributed by atoms with Gasteiger partial charge in [0.1, 0.15) is 0 Å². The van der Waals surface area contributed by atoms with Crippen molar-refractivity contribution in [1.82, 2.24) is 0 Å². The third kappa shape index (κ3) is 3.46. The lowest BCUT2D eigenvalue weighted by molar-refractivity contribution is -0.0689. The van der Waals surface area contributed by atoms with Crippen molar-refractivity contribution in [2.45, 2.75) is 76.6 Å². The summed E-state index contributed by atoms with van der Waals surface area (Å²) in [5.74, 6) is 0.920. The molecule has 0 amide bonds. The Bertz CT molecular complexity index is 189. The van der Waals surface area contributed by atoms with Crippen LogP contribution in [0.15, 0.2) is 0 Å². The highest BCUT2D eigenvalue weighted by atomic mass is 16.5. The Labute approximate surface area is 99.7 Å². The summed E-state index contributed by atoms with van der Waals surface area (Å²) in [4.78, 5) is 0. The minimum absolute atomic E-state index is 0.492. The van der Waals surface area contributed by atoms with Crippen molar-refractivity contribution in [3.05, 3.63) is 0 Å². The topological polar surface area (TPSA) is 18.5 Å². The van der Waals surface area contributed by atoms with E-state index in [-0.39, 0.29) is 0 Å². The van der Waals surface area contributed by atoms with E-state index in [2.05, 4.69) is 6.92 Å².